The van der Waals surface area contributed by atoms with Gasteiger partial charge in [-0.15, -0.1) is 0 Å². The molecule has 0 saturated heterocycles. The molecular weight excluding hydrogens is 198 g/mol. The molecule has 0 spiro atoms. The molecular formula is C11H6ClNO. The summed E-state index contributed by atoms with van der Waals surface area (Å²) in [6.45, 7) is 0. The van der Waals surface area contributed by atoms with E-state index in [-0.39, 0.29) is 5.75 Å². The van der Waals surface area contributed by atoms with Crippen molar-refractivity contribution in [2.24, 2.45) is 0 Å². The van der Waals surface area contributed by atoms with Gasteiger partial charge in [0.15, 0.2) is 0 Å². The molecule has 2 rings (SSSR count). The van der Waals surface area contributed by atoms with Crippen LogP contribution in [0.4, 0.5) is 0 Å². The second-order valence-corrected chi connectivity index (χ2v) is 3.37. The maximum atomic E-state index is 9.42. The van der Waals surface area contributed by atoms with Gasteiger partial charge in [0, 0.05) is 10.4 Å². The highest BCUT2D eigenvalue weighted by atomic mass is 35.5. The summed E-state index contributed by atoms with van der Waals surface area (Å²) in [5.74, 6) is 0.00215. The van der Waals surface area contributed by atoms with Crippen LogP contribution >= 0.6 is 11.6 Å². The fourth-order valence-electron chi connectivity index (χ4n) is 1.41. The van der Waals surface area contributed by atoms with E-state index < -0.39 is 0 Å². The summed E-state index contributed by atoms with van der Waals surface area (Å²) in [5, 5.41) is 20.5. The Labute approximate surface area is 86.0 Å². The summed E-state index contributed by atoms with van der Waals surface area (Å²) >= 11 is 5.81. The smallest absolute Gasteiger partial charge is 0.133 e. The zero-order valence-corrected chi connectivity index (χ0v) is 7.92. The molecule has 1 N–H and O–H groups in total. The SMILES string of the molecule is N#Cc1c(O)ccc2cc(Cl)ccc12. The molecule has 0 aliphatic carbocycles. The Bertz CT molecular complexity index is 543. The molecule has 0 unspecified atom stereocenters. The first-order valence-electron chi connectivity index (χ1n) is 4.03. The number of halogens is 1. The van der Waals surface area contributed by atoms with Crippen molar-refractivity contribution in [3.05, 3.63) is 40.9 Å². The number of hydrogen-bond donors (Lipinski definition) is 1. The minimum atomic E-state index is 0.00215. The maximum Gasteiger partial charge on any atom is 0.133 e. The van der Waals surface area contributed by atoms with Gasteiger partial charge in [0.25, 0.3) is 0 Å². The number of benzene rings is 2. The Morgan fingerprint density at radius 2 is 2.00 bits per heavy atom. The molecule has 0 aliphatic rings. The fourth-order valence-corrected chi connectivity index (χ4v) is 1.59. The summed E-state index contributed by atoms with van der Waals surface area (Å²) in [5.41, 5.74) is 0.291. The maximum absolute atomic E-state index is 9.42. The van der Waals surface area contributed by atoms with Crippen LogP contribution in [0.1, 0.15) is 5.56 Å². The number of nitriles is 1. The normalized spacial score (nSPS) is 10.0. The van der Waals surface area contributed by atoms with Crippen LogP contribution < -0.4 is 0 Å². The highest BCUT2D eigenvalue weighted by Gasteiger charge is 2.05. The number of fused-ring (bicyclic) bond motifs is 1. The zero-order chi connectivity index (χ0) is 10.1. The van der Waals surface area contributed by atoms with E-state index in [0.29, 0.717) is 10.6 Å². The van der Waals surface area contributed by atoms with E-state index in [1.807, 2.05) is 6.07 Å². The molecule has 0 heterocycles. The number of rotatable bonds is 0. The number of hydrogen-bond acceptors (Lipinski definition) is 2. The van der Waals surface area contributed by atoms with E-state index in [1.165, 1.54) is 6.07 Å². The molecule has 0 aliphatic heterocycles. The standard InChI is InChI=1S/C11H6ClNO/c12-8-2-3-9-7(5-8)1-4-11(14)10(9)6-13/h1-5,14H. The third-order valence-electron chi connectivity index (χ3n) is 2.07. The van der Waals surface area contributed by atoms with E-state index in [4.69, 9.17) is 16.9 Å². The fraction of sp³-hybridized carbons (Fsp3) is 0. The van der Waals surface area contributed by atoms with Crippen molar-refractivity contribution < 1.29 is 5.11 Å². The topological polar surface area (TPSA) is 44.0 Å². The van der Waals surface area contributed by atoms with Crippen LogP contribution in [0.5, 0.6) is 5.75 Å². The average molecular weight is 204 g/mol. The molecule has 68 valence electrons. The predicted octanol–water partition coefficient (Wildman–Crippen LogP) is 3.07. The van der Waals surface area contributed by atoms with Crippen molar-refractivity contribution in [3.63, 3.8) is 0 Å². The van der Waals surface area contributed by atoms with E-state index in [0.717, 1.165) is 10.8 Å². The summed E-state index contributed by atoms with van der Waals surface area (Å²) in [6.07, 6.45) is 0. The van der Waals surface area contributed by atoms with Gasteiger partial charge in [0.1, 0.15) is 17.4 Å². The molecule has 0 radical (unpaired) electrons. The molecule has 3 heteroatoms. The van der Waals surface area contributed by atoms with Crippen molar-refractivity contribution in [2.75, 3.05) is 0 Å². The van der Waals surface area contributed by atoms with Crippen molar-refractivity contribution >= 4 is 22.4 Å². The van der Waals surface area contributed by atoms with Crippen molar-refractivity contribution in [1.82, 2.24) is 0 Å². The van der Waals surface area contributed by atoms with Crippen LogP contribution in [0.25, 0.3) is 10.8 Å². The van der Waals surface area contributed by atoms with Gasteiger partial charge in [-0.05, 0) is 23.6 Å². The largest absolute Gasteiger partial charge is 0.507 e. The quantitative estimate of drug-likeness (QED) is 0.715. The molecule has 0 fully saturated rings. The number of phenols is 1. The Hall–Kier alpha value is -1.72. The van der Waals surface area contributed by atoms with Gasteiger partial charge in [-0.1, -0.05) is 23.7 Å². The van der Waals surface area contributed by atoms with Gasteiger partial charge in [-0.2, -0.15) is 5.26 Å². The van der Waals surface area contributed by atoms with E-state index >= 15 is 0 Å². The van der Waals surface area contributed by atoms with Gasteiger partial charge in [-0.3, -0.25) is 0 Å². The summed E-state index contributed by atoms with van der Waals surface area (Å²) < 4.78 is 0. The molecule has 0 aromatic heterocycles. The van der Waals surface area contributed by atoms with Crippen LogP contribution in [0, 0.1) is 11.3 Å². The molecule has 0 saturated carbocycles. The molecule has 2 aromatic carbocycles. The van der Waals surface area contributed by atoms with Crippen LogP contribution in [0.2, 0.25) is 5.02 Å². The van der Waals surface area contributed by atoms with Crippen molar-refractivity contribution in [3.8, 4) is 11.8 Å². The lowest BCUT2D eigenvalue weighted by molar-refractivity contribution is 0.474. The highest BCUT2D eigenvalue weighted by molar-refractivity contribution is 6.31. The van der Waals surface area contributed by atoms with Crippen LogP contribution in [-0.2, 0) is 0 Å². The Morgan fingerprint density at radius 1 is 1.21 bits per heavy atom. The van der Waals surface area contributed by atoms with Gasteiger partial charge in [0.2, 0.25) is 0 Å². The first-order chi connectivity index (χ1) is 6.72. The monoisotopic (exact) mass is 203 g/mol. The van der Waals surface area contributed by atoms with Crippen LogP contribution in [0.3, 0.4) is 0 Å². The molecule has 0 atom stereocenters. The summed E-state index contributed by atoms with van der Waals surface area (Å²) in [6, 6.07) is 10.4. The second kappa shape index (κ2) is 3.21. The molecule has 0 bridgehead atoms. The van der Waals surface area contributed by atoms with E-state index in [2.05, 4.69) is 0 Å². The average Bonchev–Trinajstić information content (AvgIpc) is 2.18. The first-order valence-corrected chi connectivity index (χ1v) is 4.41. The van der Waals surface area contributed by atoms with Crippen molar-refractivity contribution in [1.29, 1.82) is 5.26 Å². The van der Waals surface area contributed by atoms with Gasteiger partial charge < -0.3 is 5.11 Å². The zero-order valence-electron chi connectivity index (χ0n) is 7.16. The predicted molar refractivity (Wildman–Crippen MR) is 55.3 cm³/mol. The minimum absolute atomic E-state index is 0.00215. The summed E-state index contributed by atoms with van der Waals surface area (Å²) in [7, 11) is 0. The van der Waals surface area contributed by atoms with Gasteiger partial charge in [0.05, 0.1) is 0 Å². The summed E-state index contributed by atoms with van der Waals surface area (Å²) in [4.78, 5) is 0. The Balaban J connectivity index is 2.90. The van der Waals surface area contributed by atoms with Gasteiger partial charge >= 0.3 is 0 Å². The lowest BCUT2D eigenvalue weighted by Crippen LogP contribution is -1.80. The van der Waals surface area contributed by atoms with Crippen molar-refractivity contribution in [2.45, 2.75) is 0 Å². The number of nitrogens with zero attached hydrogens (tertiary/aromatic N) is 1. The van der Waals surface area contributed by atoms with E-state index in [1.54, 1.807) is 24.3 Å². The molecule has 0 amide bonds. The van der Waals surface area contributed by atoms with Crippen LogP contribution in [0.15, 0.2) is 30.3 Å². The molecule has 2 nitrogen and oxygen atoms in total. The number of aromatic hydroxyl groups is 1. The van der Waals surface area contributed by atoms with Gasteiger partial charge in [-0.25, -0.2) is 0 Å². The number of phenolic OH excluding ortho intramolecular Hbond substituents is 1. The molecule has 2 aromatic rings. The Kier molecular flexibility index (Phi) is 2.03. The lowest BCUT2D eigenvalue weighted by Gasteiger charge is -2.02. The lowest BCUT2D eigenvalue weighted by atomic mass is 10.0. The van der Waals surface area contributed by atoms with Crippen LogP contribution in [-0.4, -0.2) is 5.11 Å². The highest BCUT2D eigenvalue weighted by Crippen LogP contribution is 2.28. The van der Waals surface area contributed by atoms with E-state index in [9.17, 15) is 5.11 Å². The Morgan fingerprint density at radius 3 is 2.71 bits per heavy atom. The minimum Gasteiger partial charge on any atom is -0.507 e. The second-order valence-electron chi connectivity index (χ2n) is 2.94. The third-order valence-corrected chi connectivity index (χ3v) is 2.31. The third kappa shape index (κ3) is 1.28. The molecule has 14 heavy (non-hydrogen) atoms. The first kappa shape index (κ1) is 8.86.